The first-order chi connectivity index (χ1) is 15.7. The Kier molecular flexibility index (Phi) is 8.07. The maximum absolute atomic E-state index is 12.1. The Morgan fingerprint density at radius 3 is 2.78 bits per heavy atom. The Morgan fingerprint density at radius 2 is 1.97 bits per heavy atom. The molecular formula is C23H34N6O2S. The van der Waals surface area contributed by atoms with Gasteiger partial charge in [0.15, 0.2) is 0 Å². The number of unbranched alkanes of at least 4 members (excludes halogenated alkanes) is 1. The van der Waals surface area contributed by atoms with Crippen LogP contribution in [0.25, 0.3) is 10.1 Å². The number of benzene rings is 1. The minimum absolute atomic E-state index is 0.107. The summed E-state index contributed by atoms with van der Waals surface area (Å²) in [5.41, 5.74) is 0. The number of imide groups is 1. The van der Waals surface area contributed by atoms with Gasteiger partial charge in [0.05, 0.1) is 4.70 Å². The smallest absolute Gasteiger partial charge is 0.230 e. The minimum atomic E-state index is -0.107. The van der Waals surface area contributed by atoms with Gasteiger partial charge in [-0.15, -0.1) is 0 Å². The molecule has 0 spiro atoms. The second kappa shape index (κ2) is 11.2. The molecule has 1 aromatic heterocycles. The fourth-order valence-electron chi connectivity index (χ4n) is 4.64. The van der Waals surface area contributed by atoms with Gasteiger partial charge in [0.2, 0.25) is 12.3 Å². The zero-order valence-electron chi connectivity index (χ0n) is 18.9. The second-order valence-electron chi connectivity index (χ2n) is 8.75. The number of piperazine rings is 2. The van der Waals surface area contributed by atoms with Gasteiger partial charge in [0.25, 0.3) is 0 Å². The van der Waals surface area contributed by atoms with Crippen LogP contribution < -0.4 is 10.2 Å². The summed E-state index contributed by atoms with van der Waals surface area (Å²) >= 11 is 1.59. The van der Waals surface area contributed by atoms with Crippen molar-refractivity contribution in [1.29, 1.82) is 0 Å². The lowest BCUT2D eigenvalue weighted by Gasteiger charge is -2.37. The molecule has 9 heteroatoms. The molecular weight excluding hydrogens is 424 g/mol. The first kappa shape index (κ1) is 23.1. The van der Waals surface area contributed by atoms with Crippen molar-refractivity contribution in [3.63, 3.8) is 0 Å². The Balaban J connectivity index is 1.17. The maximum Gasteiger partial charge on any atom is 0.230 e. The summed E-state index contributed by atoms with van der Waals surface area (Å²) < 4.78 is 5.97. The van der Waals surface area contributed by atoms with Crippen molar-refractivity contribution in [3.05, 3.63) is 24.3 Å². The Hall–Kier alpha value is -2.07. The highest BCUT2D eigenvalue weighted by Crippen LogP contribution is 2.29. The van der Waals surface area contributed by atoms with Gasteiger partial charge in [-0.2, -0.15) is 4.37 Å². The molecule has 2 aliphatic heterocycles. The molecule has 2 fully saturated rings. The third-order valence-corrected chi connectivity index (χ3v) is 7.45. The number of hydrogen-bond donors (Lipinski definition) is 1. The molecule has 0 bridgehead atoms. The van der Waals surface area contributed by atoms with Crippen LogP contribution in [0.15, 0.2) is 24.3 Å². The Bertz CT molecular complexity index is 897. The zero-order valence-corrected chi connectivity index (χ0v) is 19.7. The molecule has 2 aliphatic rings. The lowest BCUT2D eigenvalue weighted by Crippen LogP contribution is -2.53. The van der Waals surface area contributed by atoms with Crippen LogP contribution in [0.3, 0.4) is 0 Å². The fourth-order valence-corrected chi connectivity index (χ4v) is 5.43. The summed E-state index contributed by atoms with van der Waals surface area (Å²) in [6, 6.07) is 8.67. The molecule has 1 aromatic carbocycles. The molecule has 2 aromatic rings. The van der Waals surface area contributed by atoms with Crippen LogP contribution >= 0.6 is 11.5 Å². The number of amides is 2. The normalized spacial score (nSPS) is 20.5. The van der Waals surface area contributed by atoms with Gasteiger partial charge in [0, 0.05) is 70.7 Å². The number of rotatable bonds is 9. The minimum Gasteiger partial charge on any atom is -0.353 e. The summed E-state index contributed by atoms with van der Waals surface area (Å²) in [6.07, 6.45) is 3.29. The van der Waals surface area contributed by atoms with Gasteiger partial charge < -0.3 is 10.2 Å². The number of nitrogens with zero attached hydrogens (tertiary/aromatic N) is 5. The topological polar surface area (TPSA) is 72.0 Å². The summed E-state index contributed by atoms with van der Waals surface area (Å²) in [5, 5.41) is 4.65. The highest BCUT2D eigenvalue weighted by molar-refractivity contribution is 7.13. The Morgan fingerprint density at radius 1 is 1.19 bits per heavy atom. The molecule has 32 heavy (non-hydrogen) atoms. The molecule has 3 heterocycles. The van der Waals surface area contributed by atoms with E-state index in [-0.39, 0.29) is 11.9 Å². The van der Waals surface area contributed by atoms with Crippen LogP contribution in [0.2, 0.25) is 0 Å². The summed E-state index contributed by atoms with van der Waals surface area (Å²) in [6.45, 7) is 9.07. The van der Waals surface area contributed by atoms with Crippen LogP contribution in [-0.4, -0.2) is 103 Å². The number of nitrogens with one attached hydrogen (secondary N) is 1. The molecule has 4 rings (SSSR count). The number of hydrogen-bond acceptors (Lipinski definition) is 8. The SMILES string of the molecule is CN(C=O)C(=O)CC1CNCCN1CCCCN1CCN(c2nsc3ccccc23)CC1. The van der Waals surface area contributed by atoms with E-state index in [1.807, 2.05) is 0 Å². The van der Waals surface area contributed by atoms with Crippen LogP contribution in [0.5, 0.6) is 0 Å². The van der Waals surface area contributed by atoms with Gasteiger partial charge in [-0.25, -0.2) is 0 Å². The highest BCUT2D eigenvalue weighted by Gasteiger charge is 2.25. The highest BCUT2D eigenvalue weighted by atomic mass is 32.1. The molecule has 2 saturated heterocycles. The van der Waals surface area contributed by atoms with Crippen molar-refractivity contribution < 1.29 is 9.59 Å². The number of carbonyl (C=O) groups is 2. The van der Waals surface area contributed by atoms with E-state index in [9.17, 15) is 9.59 Å². The standard InChI is InChI=1S/C23H34N6O2S/c1-26(18-30)22(31)16-19-17-24-8-11-28(19)10-5-4-9-27-12-14-29(15-13-27)23-20-6-2-3-7-21(20)32-25-23/h2-3,6-7,18-19,24H,4-5,8-17H2,1H3. The molecule has 1 N–H and O–H groups in total. The van der Waals surface area contributed by atoms with Crippen molar-refractivity contribution in [2.75, 3.05) is 70.9 Å². The fraction of sp³-hybridized carbons (Fsp3) is 0.609. The van der Waals surface area contributed by atoms with E-state index >= 15 is 0 Å². The van der Waals surface area contributed by atoms with Crippen LogP contribution in [0, 0.1) is 0 Å². The second-order valence-corrected chi connectivity index (χ2v) is 9.55. The molecule has 2 amide bonds. The zero-order chi connectivity index (χ0) is 22.3. The largest absolute Gasteiger partial charge is 0.353 e. The summed E-state index contributed by atoms with van der Waals surface area (Å²) in [7, 11) is 1.53. The summed E-state index contributed by atoms with van der Waals surface area (Å²) in [5.74, 6) is 1.04. The van der Waals surface area contributed by atoms with Gasteiger partial charge in [-0.3, -0.25) is 24.3 Å². The van der Waals surface area contributed by atoms with E-state index in [1.54, 1.807) is 11.5 Å². The van der Waals surface area contributed by atoms with E-state index < -0.39 is 0 Å². The van der Waals surface area contributed by atoms with Crippen molar-refractivity contribution in [3.8, 4) is 0 Å². The lowest BCUT2D eigenvalue weighted by molar-refractivity contribution is -0.137. The average molecular weight is 459 g/mol. The molecule has 0 saturated carbocycles. The third-order valence-electron chi connectivity index (χ3n) is 6.63. The van der Waals surface area contributed by atoms with Crippen molar-refractivity contribution in [2.45, 2.75) is 25.3 Å². The average Bonchev–Trinajstić information content (AvgIpc) is 3.27. The first-order valence-corrected chi connectivity index (χ1v) is 12.4. The molecule has 0 aliphatic carbocycles. The number of carbonyl (C=O) groups excluding carboxylic acids is 2. The predicted molar refractivity (Wildman–Crippen MR) is 129 cm³/mol. The van der Waals surface area contributed by atoms with Gasteiger partial charge >= 0.3 is 0 Å². The molecule has 8 nitrogen and oxygen atoms in total. The molecule has 1 atom stereocenters. The molecule has 1 unspecified atom stereocenters. The van der Waals surface area contributed by atoms with Crippen molar-refractivity contribution in [2.24, 2.45) is 0 Å². The molecule has 174 valence electrons. The number of anilines is 1. The number of fused-ring (bicyclic) bond motifs is 1. The maximum atomic E-state index is 12.1. The van der Waals surface area contributed by atoms with Gasteiger partial charge in [-0.05, 0) is 49.6 Å². The van der Waals surface area contributed by atoms with E-state index in [4.69, 9.17) is 4.37 Å². The van der Waals surface area contributed by atoms with Crippen LogP contribution in [-0.2, 0) is 9.59 Å². The Labute approximate surface area is 194 Å². The van der Waals surface area contributed by atoms with E-state index in [2.05, 4.69) is 44.3 Å². The molecule has 0 radical (unpaired) electrons. The van der Waals surface area contributed by atoms with Gasteiger partial charge in [0.1, 0.15) is 5.82 Å². The van der Waals surface area contributed by atoms with Crippen LogP contribution in [0.1, 0.15) is 19.3 Å². The van der Waals surface area contributed by atoms with Crippen molar-refractivity contribution in [1.82, 2.24) is 24.4 Å². The quantitative estimate of drug-likeness (QED) is 0.451. The van der Waals surface area contributed by atoms with E-state index in [1.165, 1.54) is 23.6 Å². The monoisotopic (exact) mass is 458 g/mol. The third kappa shape index (κ3) is 5.64. The lowest BCUT2D eigenvalue weighted by atomic mass is 10.1. The summed E-state index contributed by atoms with van der Waals surface area (Å²) in [4.78, 5) is 31.5. The van der Waals surface area contributed by atoms with E-state index in [0.29, 0.717) is 12.8 Å². The van der Waals surface area contributed by atoms with Crippen molar-refractivity contribution >= 4 is 39.8 Å². The number of aromatic nitrogens is 1. The van der Waals surface area contributed by atoms with Crippen LogP contribution in [0.4, 0.5) is 5.82 Å². The van der Waals surface area contributed by atoms with Gasteiger partial charge in [-0.1, -0.05) is 12.1 Å². The van der Waals surface area contributed by atoms with E-state index in [0.717, 1.165) is 76.0 Å². The predicted octanol–water partition coefficient (Wildman–Crippen LogP) is 1.48. The first-order valence-electron chi connectivity index (χ1n) is 11.6.